The molecule has 0 aliphatic carbocycles. The van der Waals surface area contributed by atoms with Crippen molar-refractivity contribution in [2.75, 3.05) is 30.8 Å². The Morgan fingerprint density at radius 3 is 2.64 bits per heavy atom. The quantitative estimate of drug-likeness (QED) is 0.719. The highest BCUT2D eigenvalue weighted by molar-refractivity contribution is 7.98. The summed E-state index contributed by atoms with van der Waals surface area (Å²) in [4.78, 5) is 26.1. The molecule has 0 bridgehead atoms. The third kappa shape index (κ3) is 4.56. The van der Waals surface area contributed by atoms with E-state index in [9.17, 15) is 14.0 Å². The first-order valence-corrected chi connectivity index (χ1v) is 10.2. The largest absolute Gasteiger partial charge is 0.442 e. The highest BCUT2D eigenvalue weighted by atomic mass is 32.2. The van der Waals surface area contributed by atoms with E-state index in [4.69, 9.17) is 4.74 Å². The number of thioether (sulfide) groups is 1. The third-order valence-corrected chi connectivity index (χ3v) is 5.11. The Labute approximate surface area is 167 Å². The van der Waals surface area contributed by atoms with Crippen LogP contribution in [0.1, 0.15) is 6.92 Å². The summed E-state index contributed by atoms with van der Waals surface area (Å²) in [5, 5.41) is 5.24. The van der Waals surface area contributed by atoms with Gasteiger partial charge < -0.3 is 15.4 Å². The van der Waals surface area contributed by atoms with Gasteiger partial charge in [-0.1, -0.05) is 12.1 Å². The van der Waals surface area contributed by atoms with Crippen molar-refractivity contribution in [3.63, 3.8) is 0 Å². The highest BCUT2D eigenvalue weighted by Crippen LogP contribution is 2.30. The van der Waals surface area contributed by atoms with Crippen LogP contribution in [0, 0.1) is 5.82 Å². The van der Waals surface area contributed by atoms with Gasteiger partial charge in [-0.2, -0.15) is 0 Å². The van der Waals surface area contributed by atoms with E-state index in [2.05, 4.69) is 10.6 Å². The van der Waals surface area contributed by atoms with E-state index in [0.29, 0.717) is 17.8 Å². The van der Waals surface area contributed by atoms with Gasteiger partial charge in [-0.3, -0.25) is 4.90 Å². The van der Waals surface area contributed by atoms with Crippen molar-refractivity contribution in [2.45, 2.75) is 17.9 Å². The van der Waals surface area contributed by atoms with Crippen molar-refractivity contribution in [2.24, 2.45) is 0 Å². The second-order valence-electron chi connectivity index (χ2n) is 6.25. The molecule has 0 aromatic heterocycles. The number of urea groups is 1. The van der Waals surface area contributed by atoms with Gasteiger partial charge in [0.15, 0.2) is 0 Å². The first-order chi connectivity index (χ1) is 13.5. The summed E-state index contributed by atoms with van der Waals surface area (Å²) in [5.74, 6) is -0.411. The molecule has 1 saturated heterocycles. The Bertz CT molecular complexity index is 860. The van der Waals surface area contributed by atoms with Crippen molar-refractivity contribution < 1.29 is 18.7 Å². The van der Waals surface area contributed by atoms with Crippen molar-refractivity contribution in [3.8, 4) is 11.1 Å². The first kappa shape index (κ1) is 20.0. The SMILES string of the molecule is CCNC(=O)NC[C@H]1CN(c2ccc(-c3ccc(SC)cc3)c(F)c2)C(=O)O1. The summed E-state index contributed by atoms with van der Waals surface area (Å²) >= 11 is 1.62. The molecule has 6 nitrogen and oxygen atoms in total. The third-order valence-electron chi connectivity index (χ3n) is 4.37. The normalized spacial score (nSPS) is 16.0. The average Bonchev–Trinajstić information content (AvgIpc) is 3.07. The fourth-order valence-corrected chi connectivity index (χ4v) is 3.35. The molecule has 3 rings (SSSR count). The van der Waals surface area contributed by atoms with Crippen LogP contribution in [0.3, 0.4) is 0 Å². The number of ether oxygens (including phenoxy) is 1. The van der Waals surface area contributed by atoms with Gasteiger partial charge >= 0.3 is 12.1 Å². The molecular weight excluding hydrogens is 381 g/mol. The van der Waals surface area contributed by atoms with Gasteiger partial charge in [-0.05, 0) is 49.1 Å². The maximum Gasteiger partial charge on any atom is 0.414 e. The van der Waals surface area contributed by atoms with E-state index in [1.54, 1.807) is 23.9 Å². The molecule has 1 aliphatic heterocycles. The van der Waals surface area contributed by atoms with Crippen LogP contribution in [-0.4, -0.2) is 44.1 Å². The number of benzene rings is 2. The maximum atomic E-state index is 14.7. The van der Waals surface area contributed by atoms with Gasteiger partial charge in [0.05, 0.1) is 18.8 Å². The van der Waals surface area contributed by atoms with Gasteiger partial charge in [0.25, 0.3) is 0 Å². The van der Waals surface area contributed by atoms with Crippen molar-refractivity contribution in [1.29, 1.82) is 0 Å². The number of carbonyl (C=O) groups excluding carboxylic acids is 2. The van der Waals surface area contributed by atoms with Crippen LogP contribution in [0.2, 0.25) is 0 Å². The van der Waals surface area contributed by atoms with Gasteiger partial charge in [0.1, 0.15) is 11.9 Å². The molecule has 148 valence electrons. The number of carbonyl (C=O) groups is 2. The van der Waals surface area contributed by atoms with Crippen LogP contribution >= 0.6 is 11.8 Å². The number of hydrogen-bond acceptors (Lipinski definition) is 4. The summed E-state index contributed by atoms with van der Waals surface area (Å²) in [6.45, 7) is 2.75. The predicted molar refractivity (Wildman–Crippen MR) is 108 cm³/mol. The van der Waals surface area contributed by atoms with E-state index in [1.807, 2.05) is 37.4 Å². The molecule has 0 unspecified atom stereocenters. The number of nitrogens with zero attached hydrogens (tertiary/aromatic N) is 1. The standard InChI is InChI=1S/C20H22FN3O3S/c1-3-22-19(25)23-11-15-12-24(20(26)27-15)14-6-9-17(18(21)10-14)13-4-7-16(28-2)8-5-13/h4-10,15H,3,11-12H2,1-2H3,(H2,22,23,25)/t15-/m0/s1. The van der Waals surface area contributed by atoms with E-state index < -0.39 is 18.0 Å². The number of rotatable bonds is 6. The van der Waals surface area contributed by atoms with Crippen molar-refractivity contribution in [1.82, 2.24) is 10.6 Å². The van der Waals surface area contributed by atoms with E-state index in [-0.39, 0.29) is 19.1 Å². The predicted octanol–water partition coefficient (Wildman–Crippen LogP) is 3.86. The van der Waals surface area contributed by atoms with Gasteiger partial charge in [0, 0.05) is 17.0 Å². The minimum atomic E-state index is -0.556. The molecule has 0 spiro atoms. The van der Waals surface area contributed by atoms with Crippen LogP contribution < -0.4 is 15.5 Å². The Kier molecular flexibility index (Phi) is 6.41. The zero-order chi connectivity index (χ0) is 20.1. The summed E-state index contributed by atoms with van der Waals surface area (Å²) in [7, 11) is 0. The zero-order valence-electron chi connectivity index (χ0n) is 15.7. The lowest BCUT2D eigenvalue weighted by Gasteiger charge is -2.15. The minimum Gasteiger partial charge on any atom is -0.442 e. The van der Waals surface area contributed by atoms with E-state index in [0.717, 1.165) is 10.5 Å². The molecule has 0 saturated carbocycles. The number of hydrogen-bond donors (Lipinski definition) is 2. The summed E-state index contributed by atoms with van der Waals surface area (Å²) in [5.41, 5.74) is 1.67. The Hall–Kier alpha value is -2.74. The molecule has 2 aromatic rings. The molecule has 8 heteroatoms. The second kappa shape index (κ2) is 8.97. The molecule has 1 aliphatic rings. The maximum absolute atomic E-state index is 14.7. The van der Waals surface area contributed by atoms with Gasteiger partial charge in [0.2, 0.25) is 0 Å². The summed E-state index contributed by atoms with van der Waals surface area (Å²) < 4.78 is 19.9. The zero-order valence-corrected chi connectivity index (χ0v) is 16.5. The smallest absolute Gasteiger partial charge is 0.414 e. The van der Waals surface area contributed by atoms with Gasteiger partial charge in [-0.25, -0.2) is 14.0 Å². The summed E-state index contributed by atoms with van der Waals surface area (Å²) in [6.07, 6.45) is 0.939. The number of halogens is 1. The molecular formula is C20H22FN3O3S. The fourth-order valence-electron chi connectivity index (χ4n) is 2.94. The van der Waals surface area contributed by atoms with Crippen molar-refractivity contribution in [3.05, 3.63) is 48.3 Å². The minimum absolute atomic E-state index is 0.191. The molecule has 1 atom stereocenters. The summed E-state index contributed by atoms with van der Waals surface area (Å²) in [6, 6.07) is 12.0. The van der Waals surface area contributed by atoms with Crippen LogP contribution in [0.5, 0.6) is 0 Å². The van der Waals surface area contributed by atoms with Gasteiger partial charge in [-0.15, -0.1) is 11.8 Å². The number of amides is 3. The lowest BCUT2D eigenvalue weighted by atomic mass is 10.0. The van der Waals surface area contributed by atoms with Crippen LogP contribution in [0.25, 0.3) is 11.1 Å². The topological polar surface area (TPSA) is 70.7 Å². The second-order valence-corrected chi connectivity index (χ2v) is 7.13. The highest BCUT2D eigenvalue weighted by Gasteiger charge is 2.32. The molecule has 2 aromatic carbocycles. The number of cyclic esters (lactones) is 1. The van der Waals surface area contributed by atoms with Crippen LogP contribution in [0.4, 0.5) is 19.7 Å². The number of nitrogens with one attached hydrogen (secondary N) is 2. The van der Waals surface area contributed by atoms with E-state index >= 15 is 0 Å². The molecule has 1 fully saturated rings. The molecule has 2 N–H and O–H groups in total. The lowest BCUT2D eigenvalue weighted by molar-refractivity contribution is 0.140. The Morgan fingerprint density at radius 2 is 2.00 bits per heavy atom. The molecule has 28 heavy (non-hydrogen) atoms. The van der Waals surface area contributed by atoms with Crippen LogP contribution in [0.15, 0.2) is 47.4 Å². The number of anilines is 1. The lowest BCUT2D eigenvalue weighted by Crippen LogP contribution is -2.40. The molecule has 1 heterocycles. The average molecular weight is 403 g/mol. The monoisotopic (exact) mass is 403 g/mol. The molecule has 3 amide bonds. The van der Waals surface area contributed by atoms with Crippen molar-refractivity contribution >= 4 is 29.6 Å². The van der Waals surface area contributed by atoms with E-state index in [1.165, 1.54) is 11.0 Å². The first-order valence-electron chi connectivity index (χ1n) is 8.95. The Balaban J connectivity index is 1.69. The van der Waals surface area contributed by atoms with Crippen LogP contribution in [-0.2, 0) is 4.74 Å². The fraction of sp³-hybridized carbons (Fsp3) is 0.300. The molecule has 0 radical (unpaired) electrons. The Morgan fingerprint density at radius 1 is 1.25 bits per heavy atom.